The van der Waals surface area contributed by atoms with E-state index in [2.05, 4.69) is 10.2 Å². The number of rotatable bonds is 4. The zero-order chi connectivity index (χ0) is 19.8. The number of nitrogens with zero attached hydrogens (tertiary/aromatic N) is 3. The number of hydrogen-bond acceptors (Lipinski definition) is 6. The lowest BCUT2D eigenvalue weighted by Crippen LogP contribution is -2.13. The molecule has 0 spiro atoms. The third-order valence-corrected chi connectivity index (χ3v) is 5.22. The molecule has 2 aromatic heterocycles. The molecule has 6 nitrogen and oxygen atoms in total. The zero-order valence-corrected chi connectivity index (χ0v) is 16.0. The van der Waals surface area contributed by atoms with Crippen LogP contribution in [0.2, 0.25) is 0 Å². The molecule has 6 heteroatoms. The number of hydrogen-bond donors (Lipinski definition) is 0. The molecule has 0 radical (unpaired) electrons. The van der Waals surface area contributed by atoms with Crippen molar-refractivity contribution in [2.45, 2.75) is 32.3 Å². The highest BCUT2D eigenvalue weighted by Gasteiger charge is 2.27. The van der Waals surface area contributed by atoms with E-state index < -0.39 is 6.10 Å². The molecular weight excluding hydrogens is 366 g/mol. The molecule has 0 N–H and O–H groups in total. The van der Waals surface area contributed by atoms with E-state index in [1.165, 1.54) is 0 Å². The molecule has 0 amide bonds. The van der Waals surface area contributed by atoms with Crippen LogP contribution >= 0.6 is 0 Å². The predicted octanol–water partition coefficient (Wildman–Crippen LogP) is 4.69. The number of esters is 1. The van der Waals surface area contributed by atoms with Gasteiger partial charge < -0.3 is 9.15 Å². The summed E-state index contributed by atoms with van der Waals surface area (Å²) in [6.45, 7) is 1.74. The highest BCUT2D eigenvalue weighted by molar-refractivity contribution is 6.05. The molecule has 29 heavy (non-hydrogen) atoms. The van der Waals surface area contributed by atoms with E-state index in [4.69, 9.17) is 14.1 Å². The molecule has 0 fully saturated rings. The van der Waals surface area contributed by atoms with Crippen molar-refractivity contribution in [3.05, 3.63) is 77.3 Å². The number of carbonyl (C=O) groups is 1. The summed E-state index contributed by atoms with van der Waals surface area (Å²) in [5.41, 5.74) is 4.24. The van der Waals surface area contributed by atoms with Crippen LogP contribution in [0.15, 0.2) is 59.0 Å². The smallest absolute Gasteiger partial charge is 0.339 e. The molecule has 1 aliphatic rings. The lowest BCUT2D eigenvalue weighted by Gasteiger charge is -2.14. The average Bonchev–Trinajstić information content (AvgIpc) is 3.42. The minimum Gasteiger partial charge on any atom is -0.449 e. The first kappa shape index (κ1) is 17.6. The average molecular weight is 385 g/mol. The Labute approximate surface area is 167 Å². The number of pyridine rings is 1. The van der Waals surface area contributed by atoms with Gasteiger partial charge in [0.15, 0.2) is 6.10 Å². The Morgan fingerprint density at radius 2 is 1.83 bits per heavy atom. The Morgan fingerprint density at radius 1 is 1.03 bits per heavy atom. The normalized spacial score (nSPS) is 14.0. The highest BCUT2D eigenvalue weighted by Crippen LogP contribution is 2.32. The van der Waals surface area contributed by atoms with Crippen LogP contribution in [0.1, 0.15) is 47.0 Å². The van der Waals surface area contributed by atoms with Crippen LogP contribution in [0.4, 0.5) is 0 Å². The van der Waals surface area contributed by atoms with Crippen LogP contribution in [-0.2, 0) is 17.6 Å². The molecule has 0 unspecified atom stereocenters. The van der Waals surface area contributed by atoms with Gasteiger partial charge in [-0.25, -0.2) is 4.79 Å². The molecule has 1 aliphatic carbocycles. The van der Waals surface area contributed by atoms with Gasteiger partial charge in [-0.3, -0.25) is 4.98 Å². The second-order valence-corrected chi connectivity index (χ2v) is 7.14. The fourth-order valence-electron chi connectivity index (χ4n) is 3.81. The van der Waals surface area contributed by atoms with Gasteiger partial charge in [-0.15, -0.1) is 10.2 Å². The van der Waals surface area contributed by atoms with E-state index in [0.29, 0.717) is 11.5 Å². The van der Waals surface area contributed by atoms with Crippen LogP contribution < -0.4 is 0 Å². The van der Waals surface area contributed by atoms with Gasteiger partial charge in [-0.05, 0) is 49.9 Å². The number of aromatic nitrogens is 3. The first-order valence-corrected chi connectivity index (χ1v) is 9.71. The monoisotopic (exact) mass is 385 g/mol. The third-order valence-electron chi connectivity index (χ3n) is 5.22. The summed E-state index contributed by atoms with van der Waals surface area (Å²) in [4.78, 5) is 17.9. The molecule has 1 atom stereocenters. The van der Waals surface area contributed by atoms with E-state index in [-0.39, 0.29) is 11.9 Å². The van der Waals surface area contributed by atoms with Gasteiger partial charge in [0.25, 0.3) is 5.89 Å². The van der Waals surface area contributed by atoms with Gasteiger partial charge in [-0.2, -0.15) is 0 Å². The summed E-state index contributed by atoms with van der Waals surface area (Å²) in [5.74, 6) is 0.291. The topological polar surface area (TPSA) is 78.1 Å². The van der Waals surface area contributed by atoms with Crippen molar-refractivity contribution in [1.29, 1.82) is 0 Å². The third kappa shape index (κ3) is 3.16. The number of aryl methyl sites for hydroxylation is 1. The predicted molar refractivity (Wildman–Crippen MR) is 107 cm³/mol. The first-order valence-electron chi connectivity index (χ1n) is 9.71. The van der Waals surface area contributed by atoms with Gasteiger partial charge in [-0.1, -0.05) is 36.4 Å². The second-order valence-electron chi connectivity index (χ2n) is 7.14. The molecule has 0 bridgehead atoms. The van der Waals surface area contributed by atoms with Crippen molar-refractivity contribution < 1.29 is 13.9 Å². The van der Waals surface area contributed by atoms with Gasteiger partial charge in [0.2, 0.25) is 5.89 Å². The fraction of sp³-hybridized carbons (Fsp3) is 0.217. The van der Waals surface area contributed by atoms with Crippen molar-refractivity contribution in [1.82, 2.24) is 15.2 Å². The van der Waals surface area contributed by atoms with Crippen LogP contribution in [0, 0.1) is 0 Å². The van der Waals surface area contributed by atoms with Crippen molar-refractivity contribution in [2.24, 2.45) is 0 Å². The number of carbonyl (C=O) groups excluding carboxylic acids is 1. The maximum Gasteiger partial charge on any atom is 0.339 e. The Balaban J connectivity index is 1.45. The lowest BCUT2D eigenvalue weighted by atomic mass is 10.0. The lowest BCUT2D eigenvalue weighted by molar-refractivity contribution is 0.0281. The van der Waals surface area contributed by atoms with E-state index in [1.54, 1.807) is 6.92 Å². The standard InChI is InChI=1S/C23H19N3O3/c1-14(21-25-26-22(29-21)15-8-3-2-4-9-15)28-23(27)20-16-10-5-6-12-18(16)24-19-13-7-11-17(19)20/h2-6,8-10,12,14H,7,11,13H2,1H3/t14-/m1/s1. The summed E-state index contributed by atoms with van der Waals surface area (Å²) in [7, 11) is 0. The van der Waals surface area contributed by atoms with Gasteiger partial charge in [0, 0.05) is 16.6 Å². The first-order chi connectivity index (χ1) is 14.2. The zero-order valence-electron chi connectivity index (χ0n) is 16.0. The van der Waals surface area contributed by atoms with Crippen molar-refractivity contribution in [3.63, 3.8) is 0 Å². The molecular formula is C23H19N3O3. The molecule has 2 heterocycles. The highest BCUT2D eigenvalue weighted by atomic mass is 16.6. The second kappa shape index (κ2) is 7.13. The maximum absolute atomic E-state index is 13.1. The summed E-state index contributed by atoms with van der Waals surface area (Å²) < 4.78 is 11.5. The summed E-state index contributed by atoms with van der Waals surface area (Å²) in [5, 5.41) is 8.97. The molecule has 0 aliphatic heterocycles. The molecule has 2 aromatic carbocycles. The minimum absolute atomic E-state index is 0.271. The molecule has 0 saturated heterocycles. The van der Waals surface area contributed by atoms with Crippen LogP contribution in [-0.4, -0.2) is 21.2 Å². The Kier molecular flexibility index (Phi) is 4.31. The van der Waals surface area contributed by atoms with Crippen molar-refractivity contribution in [3.8, 4) is 11.5 Å². The summed E-state index contributed by atoms with van der Waals surface area (Å²) in [6.07, 6.45) is 2.07. The Bertz CT molecular complexity index is 1200. The van der Waals surface area contributed by atoms with E-state index in [0.717, 1.165) is 47.0 Å². The Morgan fingerprint density at radius 3 is 2.69 bits per heavy atom. The molecule has 5 rings (SSSR count). The largest absolute Gasteiger partial charge is 0.449 e. The van der Waals surface area contributed by atoms with Crippen LogP contribution in [0.5, 0.6) is 0 Å². The van der Waals surface area contributed by atoms with E-state index in [1.807, 2.05) is 54.6 Å². The van der Waals surface area contributed by atoms with Gasteiger partial charge in [0.1, 0.15) is 0 Å². The van der Waals surface area contributed by atoms with E-state index >= 15 is 0 Å². The SMILES string of the molecule is C[C@@H](OC(=O)c1c2c(nc3ccccc13)CCC2)c1nnc(-c2ccccc2)o1. The maximum atomic E-state index is 13.1. The van der Waals surface area contributed by atoms with Crippen LogP contribution in [0.3, 0.4) is 0 Å². The van der Waals surface area contributed by atoms with Crippen LogP contribution in [0.25, 0.3) is 22.4 Å². The number of fused-ring (bicyclic) bond motifs is 2. The van der Waals surface area contributed by atoms with E-state index in [9.17, 15) is 4.79 Å². The summed E-state index contributed by atoms with van der Waals surface area (Å²) >= 11 is 0. The van der Waals surface area contributed by atoms with Gasteiger partial charge >= 0.3 is 5.97 Å². The summed E-state index contributed by atoms with van der Waals surface area (Å²) in [6, 6.07) is 17.2. The van der Waals surface area contributed by atoms with Crippen molar-refractivity contribution in [2.75, 3.05) is 0 Å². The molecule has 0 saturated carbocycles. The molecule has 4 aromatic rings. The minimum atomic E-state index is -0.656. The fourth-order valence-corrected chi connectivity index (χ4v) is 3.81. The Hall–Kier alpha value is -3.54. The number of benzene rings is 2. The number of ether oxygens (including phenoxy) is 1. The molecule has 144 valence electrons. The van der Waals surface area contributed by atoms with Gasteiger partial charge in [0.05, 0.1) is 11.1 Å². The number of para-hydroxylation sites is 1. The quantitative estimate of drug-likeness (QED) is 0.474. The van der Waals surface area contributed by atoms with Crippen molar-refractivity contribution >= 4 is 16.9 Å².